The van der Waals surface area contributed by atoms with Crippen LogP contribution in [0.2, 0.25) is 10.0 Å². The van der Waals surface area contributed by atoms with Crippen molar-refractivity contribution in [2.45, 2.75) is 83.8 Å². The molecule has 8 heteroatoms. The van der Waals surface area contributed by atoms with Gasteiger partial charge in [-0.3, -0.25) is 9.59 Å². The monoisotopic (exact) mass is 624 g/mol. The van der Waals surface area contributed by atoms with Gasteiger partial charge in [-0.1, -0.05) is 84.9 Å². The number of rotatable bonds is 14. The van der Waals surface area contributed by atoms with Gasteiger partial charge in [-0.15, -0.1) is 0 Å². The molecule has 1 fully saturated rings. The van der Waals surface area contributed by atoms with Crippen LogP contribution < -0.4 is 14.8 Å². The number of nitrogens with one attached hydrogen (secondary N) is 1. The van der Waals surface area contributed by atoms with Gasteiger partial charge in [-0.2, -0.15) is 0 Å². The molecule has 0 aromatic heterocycles. The number of benzene rings is 3. The maximum atomic E-state index is 14.2. The molecule has 3 aromatic rings. The van der Waals surface area contributed by atoms with Crippen molar-refractivity contribution < 1.29 is 19.1 Å². The molecular formula is C35H42Cl2N2O4. The molecule has 0 unspecified atom stereocenters. The Bertz CT molecular complexity index is 1320. The zero-order valence-electron chi connectivity index (χ0n) is 25.1. The number of nitrogens with zero attached hydrogens (tertiary/aromatic N) is 1. The van der Waals surface area contributed by atoms with Gasteiger partial charge in [0.25, 0.3) is 0 Å². The van der Waals surface area contributed by atoms with E-state index in [4.69, 9.17) is 32.7 Å². The van der Waals surface area contributed by atoms with E-state index in [1.54, 1.807) is 23.1 Å². The van der Waals surface area contributed by atoms with Crippen molar-refractivity contribution in [3.8, 4) is 11.5 Å². The summed E-state index contributed by atoms with van der Waals surface area (Å²) >= 11 is 13.2. The highest BCUT2D eigenvalue weighted by Crippen LogP contribution is 2.30. The molecule has 6 nitrogen and oxygen atoms in total. The van der Waals surface area contributed by atoms with Gasteiger partial charge >= 0.3 is 0 Å². The van der Waals surface area contributed by atoms with Crippen LogP contribution in [0.15, 0.2) is 66.7 Å². The number of halogens is 2. The van der Waals surface area contributed by atoms with Crippen LogP contribution in [0, 0.1) is 0 Å². The number of carbonyl (C=O) groups is 2. The van der Waals surface area contributed by atoms with Crippen molar-refractivity contribution in [1.29, 1.82) is 0 Å². The van der Waals surface area contributed by atoms with Crippen molar-refractivity contribution in [1.82, 2.24) is 10.2 Å². The van der Waals surface area contributed by atoms with E-state index < -0.39 is 6.04 Å². The molecule has 3 aromatic carbocycles. The van der Waals surface area contributed by atoms with Crippen molar-refractivity contribution >= 4 is 35.0 Å². The number of ether oxygens (including phenoxy) is 2. The Morgan fingerprint density at radius 1 is 0.860 bits per heavy atom. The molecule has 0 heterocycles. The van der Waals surface area contributed by atoms with Crippen LogP contribution in [-0.2, 0) is 29.0 Å². The van der Waals surface area contributed by atoms with Crippen molar-refractivity contribution in [3.05, 3.63) is 93.5 Å². The van der Waals surface area contributed by atoms with Crippen LogP contribution in [0.5, 0.6) is 11.5 Å². The van der Waals surface area contributed by atoms with Crippen LogP contribution in [0.4, 0.5) is 0 Å². The number of carbonyl (C=O) groups excluding carboxylic acids is 2. The van der Waals surface area contributed by atoms with Crippen LogP contribution in [0.25, 0.3) is 0 Å². The van der Waals surface area contributed by atoms with Crippen LogP contribution in [0.1, 0.15) is 69.1 Å². The van der Waals surface area contributed by atoms with E-state index in [-0.39, 0.29) is 30.8 Å². The fraction of sp³-hybridized carbons (Fsp3) is 0.429. The molecule has 1 aliphatic rings. The lowest BCUT2D eigenvalue weighted by Gasteiger charge is -2.34. The second kappa shape index (κ2) is 16.6. The van der Waals surface area contributed by atoms with Gasteiger partial charge in [0.2, 0.25) is 11.8 Å². The number of hydrogen-bond acceptors (Lipinski definition) is 4. The lowest BCUT2D eigenvalue weighted by atomic mass is 9.94. The molecule has 0 saturated heterocycles. The third kappa shape index (κ3) is 9.38. The minimum absolute atomic E-state index is 0.112. The van der Waals surface area contributed by atoms with Crippen molar-refractivity contribution in [2.75, 3.05) is 13.2 Å². The highest BCUT2D eigenvalue weighted by atomic mass is 35.5. The number of amides is 2. The fourth-order valence-electron chi connectivity index (χ4n) is 5.60. The molecule has 230 valence electrons. The standard InChI is InChI=1S/C35H42Cl2N2O4/c1-3-42-32-20-18-26(23-33(32)43-4-2)19-21-34(40)39(24-28-29(36)16-11-17-30(28)37)31(22-25-12-7-5-8-13-25)35(41)38-27-14-9-6-10-15-27/h5,7-8,11-13,16-18,20,23,27,31H,3-4,6,9-10,14-15,19,21-22,24H2,1-2H3,(H,38,41)/t31-/m0/s1. The minimum Gasteiger partial charge on any atom is -0.490 e. The summed E-state index contributed by atoms with van der Waals surface area (Å²) in [6.07, 6.45) is 6.33. The van der Waals surface area contributed by atoms with Crippen molar-refractivity contribution in [2.24, 2.45) is 0 Å². The first-order chi connectivity index (χ1) is 20.9. The van der Waals surface area contributed by atoms with E-state index in [9.17, 15) is 9.59 Å². The zero-order valence-corrected chi connectivity index (χ0v) is 26.6. The first kappa shape index (κ1) is 32.7. The van der Waals surface area contributed by atoms with Gasteiger partial charge in [-0.05, 0) is 68.5 Å². The van der Waals surface area contributed by atoms with Crippen LogP contribution in [0.3, 0.4) is 0 Å². The maximum absolute atomic E-state index is 14.2. The molecule has 1 saturated carbocycles. The summed E-state index contributed by atoms with van der Waals surface area (Å²) in [6, 6.07) is 20.2. The first-order valence-electron chi connectivity index (χ1n) is 15.3. The zero-order chi connectivity index (χ0) is 30.6. The molecule has 43 heavy (non-hydrogen) atoms. The quantitative estimate of drug-likeness (QED) is 0.199. The fourth-order valence-corrected chi connectivity index (χ4v) is 6.11. The summed E-state index contributed by atoms with van der Waals surface area (Å²) < 4.78 is 11.5. The second-order valence-corrected chi connectivity index (χ2v) is 11.7. The Balaban J connectivity index is 1.64. The van der Waals surface area contributed by atoms with E-state index >= 15 is 0 Å². The van der Waals surface area contributed by atoms with E-state index in [0.29, 0.717) is 53.2 Å². The van der Waals surface area contributed by atoms with Gasteiger partial charge in [-0.25, -0.2) is 0 Å². The largest absolute Gasteiger partial charge is 0.490 e. The normalized spacial score (nSPS) is 14.1. The summed E-state index contributed by atoms with van der Waals surface area (Å²) in [5.74, 6) is 1.04. The number of aryl methyl sites for hydroxylation is 1. The summed E-state index contributed by atoms with van der Waals surface area (Å²) in [5, 5.41) is 4.20. The molecule has 0 radical (unpaired) electrons. The first-order valence-corrected chi connectivity index (χ1v) is 16.1. The van der Waals surface area contributed by atoms with E-state index in [0.717, 1.165) is 36.8 Å². The van der Waals surface area contributed by atoms with E-state index in [1.807, 2.05) is 62.4 Å². The topological polar surface area (TPSA) is 67.9 Å². The lowest BCUT2D eigenvalue weighted by Crippen LogP contribution is -2.53. The molecule has 2 amide bonds. The predicted octanol–water partition coefficient (Wildman–Crippen LogP) is 7.81. The molecule has 0 aliphatic heterocycles. The second-order valence-electron chi connectivity index (χ2n) is 10.9. The maximum Gasteiger partial charge on any atom is 0.243 e. The Labute approximate surface area is 265 Å². The van der Waals surface area contributed by atoms with Crippen LogP contribution in [-0.4, -0.2) is 42.0 Å². The highest BCUT2D eigenvalue weighted by molar-refractivity contribution is 6.36. The van der Waals surface area contributed by atoms with E-state index in [1.165, 1.54) is 6.42 Å². The van der Waals surface area contributed by atoms with Gasteiger partial charge in [0.1, 0.15) is 6.04 Å². The lowest BCUT2D eigenvalue weighted by molar-refractivity contribution is -0.141. The van der Waals surface area contributed by atoms with Gasteiger partial charge in [0, 0.05) is 41.0 Å². The summed E-state index contributed by atoms with van der Waals surface area (Å²) in [6.45, 7) is 5.02. The summed E-state index contributed by atoms with van der Waals surface area (Å²) in [4.78, 5) is 29.8. The van der Waals surface area contributed by atoms with Gasteiger partial charge in [0.15, 0.2) is 11.5 Å². The van der Waals surface area contributed by atoms with E-state index in [2.05, 4.69) is 5.32 Å². The van der Waals surface area contributed by atoms with Crippen LogP contribution >= 0.6 is 23.2 Å². The highest BCUT2D eigenvalue weighted by Gasteiger charge is 2.32. The SMILES string of the molecule is CCOc1ccc(CCC(=O)N(Cc2c(Cl)cccc2Cl)[C@@H](Cc2ccccc2)C(=O)NC2CCCCC2)cc1OCC. The molecule has 1 N–H and O–H groups in total. The molecular weight excluding hydrogens is 583 g/mol. The summed E-state index contributed by atoms with van der Waals surface area (Å²) in [7, 11) is 0. The Hall–Kier alpha value is -3.22. The van der Waals surface area contributed by atoms with Crippen molar-refractivity contribution in [3.63, 3.8) is 0 Å². The third-order valence-corrected chi connectivity index (χ3v) is 8.56. The molecule has 1 aliphatic carbocycles. The average molecular weight is 626 g/mol. The predicted molar refractivity (Wildman–Crippen MR) is 173 cm³/mol. The third-order valence-electron chi connectivity index (χ3n) is 7.85. The average Bonchev–Trinajstić information content (AvgIpc) is 3.01. The molecule has 1 atom stereocenters. The smallest absolute Gasteiger partial charge is 0.243 e. The van der Waals surface area contributed by atoms with Gasteiger partial charge in [0.05, 0.1) is 13.2 Å². The Morgan fingerprint density at radius 2 is 1.53 bits per heavy atom. The molecule has 0 spiro atoms. The number of hydrogen-bond donors (Lipinski definition) is 1. The summed E-state index contributed by atoms with van der Waals surface area (Å²) in [5.41, 5.74) is 2.55. The molecule has 4 rings (SSSR count). The Morgan fingerprint density at radius 3 is 2.21 bits per heavy atom. The van der Waals surface area contributed by atoms with Gasteiger partial charge < -0.3 is 19.7 Å². The molecule has 0 bridgehead atoms. The minimum atomic E-state index is -0.733. The Kier molecular flexibility index (Phi) is 12.6.